The van der Waals surface area contributed by atoms with Gasteiger partial charge in [0.25, 0.3) is 0 Å². The van der Waals surface area contributed by atoms with Crippen molar-refractivity contribution in [1.29, 1.82) is 0 Å². The maximum absolute atomic E-state index is 13.1. The smallest absolute Gasteiger partial charge is 0.372 e. The van der Waals surface area contributed by atoms with E-state index in [4.69, 9.17) is 5.11 Å². The Morgan fingerprint density at radius 2 is 2.26 bits per heavy atom. The van der Waals surface area contributed by atoms with Gasteiger partial charge in [0.2, 0.25) is 5.82 Å². The number of aromatic nitrogens is 2. The second-order valence-corrected chi connectivity index (χ2v) is 4.35. The largest absolute Gasteiger partial charge is 0.475 e. The van der Waals surface area contributed by atoms with Gasteiger partial charge in [0.15, 0.2) is 5.78 Å². The Bertz CT molecular complexity index is 693. The number of imidazole rings is 1. The number of carbonyl (C=O) groups is 2. The summed E-state index contributed by atoms with van der Waals surface area (Å²) in [4.78, 5) is 26.9. The molecular formula is C13H9FN2O3. The lowest BCUT2D eigenvalue weighted by Crippen LogP contribution is -2.20. The van der Waals surface area contributed by atoms with Gasteiger partial charge in [0, 0.05) is 24.4 Å². The number of fused-ring (bicyclic) bond motifs is 1. The van der Waals surface area contributed by atoms with Crippen LogP contribution >= 0.6 is 0 Å². The van der Waals surface area contributed by atoms with Crippen molar-refractivity contribution in [2.45, 2.75) is 12.5 Å². The minimum Gasteiger partial charge on any atom is -0.475 e. The van der Waals surface area contributed by atoms with Gasteiger partial charge < -0.3 is 9.67 Å². The summed E-state index contributed by atoms with van der Waals surface area (Å²) in [6.07, 6.45) is 3.14. The summed E-state index contributed by atoms with van der Waals surface area (Å²) in [6.45, 7) is 0. The molecule has 0 saturated heterocycles. The lowest BCUT2D eigenvalue weighted by atomic mass is 10.1. The van der Waals surface area contributed by atoms with Crippen molar-refractivity contribution in [3.05, 3.63) is 53.4 Å². The Morgan fingerprint density at radius 1 is 1.47 bits per heavy atom. The first-order valence-electron chi connectivity index (χ1n) is 5.66. The molecule has 2 aromatic rings. The number of nitrogens with zero attached hydrogens (tertiary/aromatic N) is 2. The minimum atomic E-state index is -1.19. The summed E-state index contributed by atoms with van der Waals surface area (Å²) < 4.78 is 14.5. The molecule has 1 aliphatic rings. The summed E-state index contributed by atoms with van der Waals surface area (Å²) in [5.74, 6) is -2.14. The molecule has 0 amide bonds. The van der Waals surface area contributed by atoms with E-state index in [2.05, 4.69) is 4.98 Å². The molecule has 1 aromatic heterocycles. The van der Waals surface area contributed by atoms with Gasteiger partial charge in [-0.15, -0.1) is 0 Å². The SMILES string of the molecule is O=C(O)c1nccn1C1Cc2ccc(F)cc2C1=O. The number of hydrogen-bond donors (Lipinski definition) is 1. The third kappa shape index (κ3) is 1.72. The van der Waals surface area contributed by atoms with E-state index in [0.29, 0.717) is 12.0 Å². The Kier molecular flexibility index (Phi) is 2.45. The quantitative estimate of drug-likeness (QED) is 0.892. The van der Waals surface area contributed by atoms with Crippen molar-refractivity contribution < 1.29 is 19.1 Å². The number of Topliss-reactive ketones (excluding diaryl/α,β-unsaturated/α-hetero) is 1. The van der Waals surface area contributed by atoms with E-state index in [1.165, 1.54) is 29.1 Å². The molecule has 3 rings (SSSR count). The highest BCUT2D eigenvalue weighted by atomic mass is 19.1. The topological polar surface area (TPSA) is 72.2 Å². The molecule has 1 N–H and O–H groups in total. The zero-order chi connectivity index (χ0) is 13.6. The summed E-state index contributed by atoms with van der Waals surface area (Å²) >= 11 is 0. The second kappa shape index (κ2) is 4.01. The number of carboxylic acids is 1. The predicted molar refractivity (Wildman–Crippen MR) is 62.7 cm³/mol. The van der Waals surface area contributed by atoms with Crippen LogP contribution in [0.1, 0.15) is 32.6 Å². The molecule has 1 aromatic carbocycles. The fourth-order valence-corrected chi connectivity index (χ4v) is 2.39. The van der Waals surface area contributed by atoms with Crippen molar-refractivity contribution in [2.24, 2.45) is 0 Å². The van der Waals surface area contributed by atoms with Crippen LogP contribution in [0.15, 0.2) is 30.6 Å². The van der Waals surface area contributed by atoms with E-state index < -0.39 is 17.8 Å². The van der Waals surface area contributed by atoms with E-state index in [0.717, 1.165) is 5.56 Å². The maximum atomic E-state index is 13.1. The third-order valence-corrected chi connectivity index (χ3v) is 3.25. The van der Waals surface area contributed by atoms with Gasteiger partial charge in [-0.3, -0.25) is 4.79 Å². The molecule has 0 bridgehead atoms. The Labute approximate surface area is 107 Å². The normalized spacial score (nSPS) is 17.5. The van der Waals surface area contributed by atoms with Crippen molar-refractivity contribution in [2.75, 3.05) is 0 Å². The van der Waals surface area contributed by atoms with Gasteiger partial charge in [-0.1, -0.05) is 6.07 Å². The molecule has 0 aliphatic heterocycles. The number of rotatable bonds is 2. The number of ketones is 1. The molecule has 1 aliphatic carbocycles. The standard InChI is InChI=1S/C13H9FN2O3/c14-8-2-1-7-5-10(11(17)9(7)6-8)16-4-3-15-12(16)13(18)19/h1-4,6,10H,5H2,(H,18,19). The summed E-state index contributed by atoms with van der Waals surface area (Å²) in [7, 11) is 0. The van der Waals surface area contributed by atoms with Crippen LogP contribution < -0.4 is 0 Å². The molecule has 0 spiro atoms. The van der Waals surface area contributed by atoms with Gasteiger partial charge in [-0.25, -0.2) is 14.2 Å². The van der Waals surface area contributed by atoms with Crippen LogP contribution in [-0.4, -0.2) is 26.4 Å². The average Bonchev–Trinajstić information content (AvgIpc) is 2.95. The van der Waals surface area contributed by atoms with Crippen molar-refractivity contribution in [3.63, 3.8) is 0 Å². The van der Waals surface area contributed by atoms with E-state index >= 15 is 0 Å². The third-order valence-electron chi connectivity index (χ3n) is 3.25. The Morgan fingerprint density at radius 3 is 3.00 bits per heavy atom. The van der Waals surface area contributed by atoms with E-state index in [1.54, 1.807) is 6.07 Å². The molecule has 96 valence electrons. The van der Waals surface area contributed by atoms with Crippen LogP contribution in [0.2, 0.25) is 0 Å². The summed E-state index contributed by atoms with van der Waals surface area (Å²) in [5, 5.41) is 9.01. The number of aromatic carboxylic acids is 1. The van der Waals surface area contributed by atoms with Crippen molar-refractivity contribution in [3.8, 4) is 0 Å². The molecule has 1 unspecified atom stereocenters. The molecule has 1 atom stereocenters. The van der Waals surface area contributed by atoms with Crippen LogP contribution in [0.4, 0.5) is 4.39 Å². The maximum Gasteiger partial charge on any atom is 0.372 e. The van der Waals surface area contributed by atoms with Gasteiger partial charge in [0.05, 0.1) is 0 Å². The summed E-state index contributed by atoms with van der Waals surface area (Å²) in [6, 6.07) is 3.38. The van der Waals surface area contributed by atoms with Gasteiger partial charge in [-0.2, -0.15) is 0 Å². The molecule has 0 radical (unpaired) electrons. The lowest BCUT2D eigenvalue weighted by Gasteiger charge is -2.11. The molecule has 0 saturated carbocycles. The first-order chi connectivity index (χ1) is 9.08. The zero-order valence-corrected chi connectivity index (χ0v) is 9.71. The molecular weight excluding hydrogens is 251 g/mol. The van der Waals surface area contributed by atoms with Crippen molar-refractivity contribution >= 4 is 11.8 Å². The van der Waals surface area contributed by atoms with Gasteiger partial charge >= 0.3 is 5.97 Å². The fourth-order valence-electron chi connectivity index (χ4n) is 2.39. The van der Waals surface area contributed by atoms with Gasteiger partial charge in [0.1, 0.15) is 11.9 Å². The van der Waals surface area contributed by atoms with Crippen LogP contribution in [0, 0.1) is 5.82 Å². The van der Waals surface area contributed by atoms with Gasteiger partial charge in [-0.05, 0) is 17.7 Å². The highest BCUT2D eigenvalue weighted by Crippen LogP contribution is 2.31. The average molecular weight is 260 g/mol. The number of carbonyl (C=O) groups excluding carboxylic acids is 1. The monoisotopic (exact) mass is 260 g/mol. The van der Waals surface area contributed by atoms with Crippen LogP contribution in [-0.2, 0) is 6.42 Å². The van der Waals surface area contributed by atoms with Crippen LogP contribution in [0.3, 0.4) is 0 Å². The number of halogens is 1. The zero-order valence-electron chi connectivity index (χ0n) is 9.71. The molecule has 0 fully saturated rings. The van der Waals surface area contributed by atoms with Crippen molar-refractivity contribution in [1.82, 2.24) is 9.55 Å². The molecule has 6 heteroatoms. The molecule has 19 heavy (non-hydrogen) atoms. The van der Waals surface area contributed by atoms with E-state index in [1.807, 2.05) is 0 Å². The number of benzene rings is 1. The number of carboxylic acid groups (broad SMARTS) is 1. The fraction of sp³-hybridized carbons (Fsp3) is 0.154. The van der Waals surface area contributed by atoms with Crippen LogP contribution in [0.25, 0.3) is 0 Å². The van der Waals surface area contributed by atoms with E-state index in [9.17, 15) is 14.0 Å². The molecule has 1 heterocycles. The number of hydrogen-bond acceptors (Lipinski definition) is 3. The Hall–Kier alpha value is -2.50. The Balaban J connectivity index is 2.04. The van der Waals surface area contributed by atoms with Crippen LogP contribution in [0.5, 0.6) is 0 Å². The lowest BCUT2D eigenvalue weighted by molar-refractivity contribution is 0.0675. The van der Waals surface area contributed by atoms with E-state index in [-0.39, 0.29) is 11.6 Å². The first kappa shape index (κ1) is 11.6. The second-order valence-electron chi connectivity index (χ2n) is 4.35. The summed E-state index contributed by atoms with van der Waals surface area (Å²) in [5.41, 5.74) is 1.04. The molecule has 5 nitrogen and oxygen atoms in total. The minimum absolute atomic E-state index is 0.188. The first-order valence-corrected chi connectivity index (χ1v) is 5.66. The highest BCUT2D eigenvalue weighted by Gasteiger charge is 2.34. The predicted octanol–water partition coefficient (Wildman–Crippen LogP) is 1.70. The highest BCUT2D eigenvalue weighted by molar-refractivity contribution is 6.03.